The molecule has 0 radical (unpaired) electrons. The summed E-state index contributed by atoms with van der Waals surface area (Å²) in [6.07, 6.45) is 5.51. The summed E-state index contributed by atoms with van der Waals surface area (Å²) >= 11 is 0. The van der Waals surface area contributed by atoms with Gasteiger partial charge in [-0.3, -0.25) is 25.1 Å². The summed E-state index contributed by atoms with van der Waals surface area (Å²) < 4.78 is 11.1. The van der Waals surface area contributed by atoms with E-state index in [1.165, 1.54) is 0 Å². The monoisotopic (exact) mass is 359 g/mol. The van der Waals surface area contributed by atoms with Crippen LogP contribution in [-0.2, 0) is 14.3 Å². The quantitative estimate of drug-likeness (QED) is 0.773. The third-order valence-corrected chi connectivity index (χ3v) is 5.50. The number of carbonyl (C=O) groups is 1. The first-order valence-corrected chi connectivity index (χ1v) is 9.02. The van der Waals surface area contributed by atoms with Crippen molar-refractivity contribution in [1.82, 2.24) is 15.8 Å². The highest BCUT2D eigenvalue weighted by atomic mass is 16.5. The van der Waals surface area contributed by atoms with Gasteiger partial charge in [-0.1, -0.05) is 5.57 Å². The standard InChI is InChI=1S/C18H25N5O3/c1-10-6-13(11-7-12(25-2)9-19-8-11)21-16-15(10)17(24)23(18(16)26-3)14-4-5-20-22-14/h8-9,11,13-14,18,20,22H,4-7H2,1-3H3. The van der Waals surface area contributed by atoms with Gasteiger partial charge in [0.25, 0.3) is 5.91 Å². The molecule has 0 bridgehead atoms. The zero-order chi connectivity index (χ0) is 18.3. The van der Waals surface area contributed by atoms with E-state index in [1.807, 2.05) is 13.1 Å². The number of methoxy groups -OCH3 is 2. The van der Waals surface area contributed by atoms with Gasteiger partial charge >= 0.3 is 0 Å². The van der Waals surface area contributed by atoms with Crippen LogP contribution < -0.4 is 10.9 Å². The normalized spacial score (nSPS) is 34.1. The van der Waals surface area contributed by atoms with Crippen LogP contribution in [-0.4, -0.2) is 61.9 Å². The highest BCUT2D eigenvalue weighted by Gasteiger charge is 2.48. The van der Waals surface area contributed by atoms with Crippen molar-refractivity contribution in [3.8, 4) is 0 Å². The number of likely N-dealkylation sites (tertiary alicyclic amines) is 1. The summed E-state index contributed by atoms with van der Waals surface area (Å²) in [5, 5.41) is 0. The zero-order valence-electron chi connectivity index (χ0n) is 15.4. The molecule has 0 aromatic rings. The molecular formula is C18H25N5O3. The Kier molecular flexibility index (Phi) is 4.64. The van der Waals surface area contributed by atoms with E-state index in [1.54, 1.807) is 25.3 Å². The molecule has 4 atom stereocenters. The number of ether oxygens (including phenoxy) is 2. The molecule has 140 valence electrons. The Hall–Kier alpha value is -2.03. The molecule has 2 saturated heterocycles. The maximum Gasteiger partial charge on any atom is 0.259 e. The predicted octanol–water partition coefficient (Wildman–Crippen LogP) is 0.733. The van der Waals surface area contributed by atoms with Gasteiger partial charge in [-0.2, -0.15) is 0 Å². The predicted molar refractivity (Wildman–Crippen MR) is 97.4 cm³/mol. The van der Waals surface area contributed by atoms with Gasteiger partial charge in [-0.25, -0.2) is 5.43 Å². The average Bonchev–Trinajstić information content (AvgIpc) is 3.27. The molecule has 0 saturated carbocycles. The van der Waals surface area contributed by atoms with Crippen molar-refractivity contribution in [2.45, 2.75) is 44.6 Å². The van der Waals surface area contributed by atoms with Gasteiger partial charge in [0, 0.05) is 32.2 Å². The van der Waals surface area contributed by atoms with E-state index in [4.69, 9.17) is 14.5 Å². The molecule has 2 fully saturated rings. The molecule has 1 amide bonds. The number of fused-ring (bicyclic) bond motifs is 1. The lowest BCUT2D eigenvalue weighted by Gasteiger charge is -2.29. The summed E-state index contributed by atoms with van der Waals surface area (Å²) in [5.41, 5.74) is 8.79. The summed E-state index contributed by atoms with van der Waals surface area (Å²) in [6.45, 7) is 2.85. The van der Waals surface area contributed by atoms with Crippen molar-refractivity contribution in [3.05, 3.63) is 23.1 Å². The second-order valence-electron chi connectivity index (χ2n) is 7.08. The molecule has 26 heavy (non-hydrogen) atoms. The fourth-order valence-corrected chi connectivity index (χ4v) is 4.17. The lowest BCUT2D eigenvalue weighted by molar-refractivity contribution is -0.135. The number of hydrazine groups is 1. The number of hydrogen-bond donors (Lipinski definition) is 2. The highest BCUT2D eigenvalue weighted by molar-refractivity contribution is 6.29. The van der Waals surface area contributed by atoms with Gasteiger partial charge < -0.3 is 9.47 Å². The average molecular weight is 359 g/mol. The number of carbonyl (C=O) groups excluding carboxylic acids is 1. The first-order valence-electron chi connectivity index (χ1n) is 9.02. The van der Waals surface area contributed by atoms with E-state index < -0.39 is 6.23 Å². The fraction of sp³-hybridized carbons (Fsp3) is 0.611. The molecule has 8 heteroatoms. The fourth-order valence-electron chi connectivity index (χ4n) is 4.17. The summed E-state index contributed by atoms with van der Waals surface area (Å²) in [5.74, 6) is 1.02. The van der Waals surface area contributed by atoms with E-state index in [-0.39, 0.29) is 24.0 Å². The second-order valence-corrected chi connectivity index (χ2v) is 7.08. The molecule has 4 aliphatic heterocycles. The number of hydrogen-bond acceptors (Lipinski definition) is 7. The Morgan fingerprint density at radius 1 is 1.31 bits per heavy atom. The smallest absolute Gasteiger partial charge is 0.259 e. The topological polar surface area (TPSA) is 87.5 Å². The second kappa shape index (κ2) is 6.94. The lowest BCUT2D eigenvalue weighted by Crippen LogP contribution is -2.50. The van der Waals surface area contributed by atoms with Crippen LogP contribution in [0.25, 0.3) is 0 Å². The Labute approximate surface area is 153 Å². The molecule has 0 aromatic carbocycles. The molecule has 0 aromatic heterocycles. The van der Waals surface area contributed by atoms with Crippen molar-refractivity contribution in [2.24, 2.45) is 15.9 Å². The Morgan fingerprint density at radius 3 is 2.85 bits per heavy atom. The summed E-state index contributed by atoms with van der Waals surface area (Å²) in [6, 6.07) is 0.0383. The molecule has 2 N–H and O–H groups in total. The van der Waals surface area contributed by atoms with Crippen LogP contribution in [0.4, 0.5) is 0 Å². The van der Waals surface area contributed by atoms with E-state index in [9.17, 15) is 4.79 Å². The van der Waals surface area contributed by atoms with Crippen LogP contribution in [0, 0.1) is 5.92 Å². The van der Waals surface area contributed by atoms with Crippen molar-refractivity contribution in [3.63, 3.8) is 0 Å². The van der Waals surface area contributed by atoms with Crippen LogP contribution in [0.15, 0.2) is 33.1 Å². The molecule has 8 nitrogen and oxygen atoms in total. The van der Waals surface area contributed by atoms with Gasteiger partial charge in [0.05, 0.1) is 36.8 Å². The number of nitrogens with one attached hydrogen (secondary N) is 2. The first kappa shape index (κ1) is 17.4. The minimum atomic E-state index is -0.453. The van der Waals surface area contributed by atoms with E-state index in [0.717, 1.165) is 48.4 Å². The van der Waals surface area contributed by atoms with Crippen molar-refractivity contribution < 1.29 is 14.3 Å². The first-order chi connectivity index (χ1) is 12.6. The van der Waals surface area contributed by atoms with Gasteiger partial charge in [0.15, 0.2) is 6.23 Å². The van der Waals surface area contributed by atoms with Gasteiger partial charge in [0.2, 0.25) is 0 Å². The number of amides is 1. The highest BCUT2D eigenvalue weighted by Crippen LogP contribution is 2.36. The van der Waals surface area contributed by atoms with Crippen LogP contribution >= 0.6 is 0 Å². The van der Waals surface area contributed by atoms with E-state index >= 15 is 0 Å². The number of allylic oxidation sites excluding steroid dienone is 1. The Balaban J connectivity index is 1.64. The maximum absolute atomic E-state index is 13.1. The third kappa shape index (κ3) is 2.78. The number of dihydropyridines is 1. The molecule has 0 spiro atoms. The molecule has 4 aliphatic rings. The SMILES string of the molecule is COC1=CN=CC(C2CC(C)=C3C(=O)N(C4CCNN4)C(OC)C3=N2)C1. The lowest BCUT2D eigenvalue weighted by atomic mass is 9.86. The molecule has 0 aliphatic carbocycles. The number of rotatable bonds is 4. The Bertz CT molecular complexity index is 720. The number of aliphatic imine (C=N–C) groups is 2. The van der Waals surface area contributed by atoms with Gasteiger partial charge in [-0.15, -0.1) is 0 Å². The van der Waals surface area contributed by atoms with Gasteiger partial charge in [-0.05, 0) is 19.8 Å². The third-order valence-electron chi connectivity index (χ3n) is 5.50. The Morgan fingerprint density at radius 2 is 2.15 bits per heavy atom. The minimum Gasteiger partial charge on any atom is -0.499 e. The van der Waals surface area contributed by atoms with Crippen LogP contribution in [0.2, 0.25) is 0 Å². The maximum atomic E-state index is 13.1. The molecular weight excluding hydrogens is 334 g/mol. The summed E-state index contributed by atoms with van der Waals surface area (Å²) in [4.78, 5) is 24.1. The summed E-state index contributed by atoms with van der Waals surface area (Å²) in [7, 11) is 3.29. The van der Waals surface area contributed by atoms with Crippen LogP contribution in [0.5, 0.6) is 0 Å². The largest absolute Gasteiger partial charge is 0.499 e. The van der Waals surface area contributed by atoms with E-state index in [2.05, 4.69) is 15.8 Å². The van der Waals surface area contributed by atoms with Crippen LogP contribution in [0.3, 0.4) is 0 Å². The zero-order valence-corrected chi connectivity index (χ0v) is 15.4. The van der Waals surface area contributed by atoms with Crippen molar-refractivity contribution in [2.75, 3.05) is 20.8 Å². The molecule has 4 unspecified atom stereocenters. The molecule has 4 heterocycles. The number of nitrogens with zero attached hydrogens (tertiary/aromatic N) is 3. The van der Waals surface area contributed by atoms with Gasteiger partial charge in [0.1, 0.15) is 5.76 Å². The molecule has 4 rings (SSSR count). The minimum absolute atomic E-state index is 0.00235. The van der Waals surface area contributed by atoms with Crippen molar-refractivity contribution in [1.29, 1.82) is 0 Å². The van der Waals surface area contributed by atoms with E-state index in [0.29, 0.717) is 0 Å². The van der Waals surface area contributed by atoms with Crippen molar-refractivity contribution >= 4 is 17.8 Å². The van der Waals surface area contributed by atoms with Crippen LogP contribution in [0.1, 0.15) is 26.2 Å².